The Morgan fingerprint density at radius 1 is 1.27 bits per heavy atom. The molecule has 0 aromatic heterocycles. The van der Waals surface area contributed by atoms with Crippen molar-refractivity contribution in [3.05, 3.63) is 63.0 Å². The molecular formula is C14H12N2O6. The molecule has 114 valence electrons. The Hall–Kier alpha value is -3.16. The number of dihydropyridines is 1. The largest absolute Gasteiger partial charge is 0.478 e. The molecule has 0 aliphatic carbocycles. The zero-order chi connectivity index (χ0) is 16.4. The van der Waals surface area contributed by atoms with E-state index < -0.39 is 22.8 Å². The molecule has 0 saturated heterocycles. The summed E-state index contributed by atoms with van der Waals surface area (Å²) in [4.78, 5) is 33.1. The summed E-state index contributed by atoms with van der Waals surface area (Å²) in [5, 5.41) is 32.1. The van der Waals surface area contributed by atoms with Crippen molar-refractivity contribution in [3.63, 3.8) is 0 Å². The van der Waals surface area contributed by atoms with Crippen LogP contribution >= 0.6 is 0 Å². The van der Waals surface area contributed by atoms with Gasteiger partial charge >= 0.3 is 11.9 Å². The molecule has 1 atom stereocenters. The molecule has 3 N–H and O–H groups in total. The van der Waals surface area contributed by atoms with Gasteiger partial charge in [0.2, 0.25) is 0 Å². The molecule has 0 radical (unpaired) electrons. The fraction of sp³-hybridized carbons (Fsp3) is 0.143. The molecule has 1 aromatic rings. The molecule has 0 bridgehead atoms. The lowest BCUT2D eigenvalue weighted by Gasteiger charge is -2.25. The molecule has 0 saturated carbocycles. The number of carbonyl (C=O) groups is 2. The van der Waals surface area contributed by atoms with Crippen LogP contribution in [0.25, 0.3) is 0 Å². The van der Waals surface area contributed by atoms with Crippen LogP contribution in [-0.4, -0.2) is 27.1 Å². The third-order valence-corrected chi connectivity index (χ3v) is 3.34. The van der Waals surface area contributed by atoms with Gasteiger partial charge in [-0.15, -0.1) is 0 Å². The Bertz CT molecular complexity index is 735. The Balaban J connectivity index is 2.64. The van der Waals surface area contributed by atoms with E-state index in [4.69, 9.17) is 0 Å². The maximum Gasteiger partial charge on any atom is 0.334 e. The van der Waals surface area contributed by atoms with Crippen LogP contribution in [0.15, 0.2) is 47.3 Å². The van der Waals surface area contributed by atoms with Gasteiger partial charge in [0.05, 0.1) is 22.0 Å². The van der Waals surface area contributed by atoms with E-state index in [2.05, 4.69) is 5.32 Å². The number of nitro benzene ring substituents is 1. The number of non-ortho nitro benzene ring substituents is 1. The minimum absolute atomic E-state index is 0.152. The molecule has 8 heteroatoms. The lowest BCUT2D eigenvalue weighted by Crippen LogP contribution is -2.27. The first-order valence-electron chi connectivity index (χ1n) is 6.21. The van der Waals surface area contributed by atoms with Crippen molar-refractivity contribution in [2.24, 2.45) is 0 Å². The van der Waals surface area contributed by atoms with Crippen LogP contribution in [0.1, 0.15) is 18.4 Å². The normalized spacial score (nSPS) is 17.5. The van der Waals surface area contributed by atoms with Crippen LogP contribution in [-0.2, 0) is 9.59 Å². The number of carboxylic acids is 2. The lowest BCUT2D eigenvalue weighted by molar-refractivity contribution is -0.384. The number of nitrogens with zero attached hydrogens (tertiary/aromatic N) is 1. The maximum atomic E-state index is 11.5. The molecule has 2 rings (SSSR count). The zero-order valence-corrected chi connectivity index (χ0v) is 11.4. The number of carboxylic acid groups (broad SMARTS) is 2. The Morgan fingerprint density at radius 2 is 1.95 bits per heavy atom. The van der Waals surface area contributed by atoms with Gasteiger partial charge in [-0.2, -0.15) is 0 Å². The van der Waals surface area contributed by atoms with E-state index in [1.54, 1.807) is 0 Å². The number of aliphatic carboxylic acids is 2. The SMILES string of the molecule is CC1=C(C(=O)O)C(c2cccc([N+](=O)[O-])c2)C(C(=O)O)=CN1. The standard InChI is InChI=1S/C14H12N2O6/c1-7-11(14(19)20)12(10(6-15-7)13(17)18)8-3-2-4-9(5-8)16(21)22/h2-6,12,15H,1H3,(H,17,18)(H,19,20). The van der Waals surface area contributed by atoms with Crippen molar-refractivity contribution in [2.45, 2.75) is 12.8 Å². The fourth-order valence-corrected chi connectivity index (χ4v) is 2.35. The lowest BCUT2D eigenvalue weighted by atomic mass is 9.82. The summed E-state index contributed by atoms with van der Waals surface area (Å²) in [6.07, 6.45) is 1.20. The molecular weight excluding hydrogens is 292 g/mol. The van der Waals surface area contributed by atoms with E-state index >= 15 is 0 Å². The highest BCUT2D eigenvalue weighted by Crippen LogP contribution is 2.37. The fourth-order valence-electron chi connectivity index (χ4n) is 2.35. The quantitative estimate of drug-likeness (QED) is 0.569. The van der Waals surface area contributed by atoms with E-state index in [0.717, 1.165) is 0 Å². The molecule has 8 nitrogen and oxygen atoms in total. The Morgan fingerprint density at radius 3 is 2.50 bits per heavy atom. The van der Waals surface area contributed by atoms with E-state index in [9.17, 15) is 29.9 Å². The van der Waals surface area contributed by atoms with Crippen molar-refractivity contribution in [3.8, 4) is 0 Å². The molecule has 0 spiro atoms. The van der Waals surface area contributed by atoms with Gasteiger partial charge in [0.15, 0.2) is 0 Å². The summed E-state index contributed by atoms with van der Waals surface area (Å²) >= 11 is 0. The van der Waals surface area contributed by atoms with Crippen molar-refractivity contribution in [2.75, 3.05) is 0 Å². The van der Waals surface area contributed by atoms with Gasteiger partial charge < -0.3 is 15.5 Å². The van der Waals surface area contributed by atoms with Crippen molar-refractivity contribution >= 4 is 17.6 Å². The maximum absolute atomic E-state index is 11.5. The number of hydrogen-bond acceptors (Lipinski definition) is 5. The van der Waals surface area contributed by atoms with Crippen molar-refractivity contribution in [1.29, 1.82) is 0 Å². The summed E-state index contributed by atoms with van der Waals surface area (Å²) in [6, 6.07) is 5.30. The molecule has 0 fully saturated rings. The van der Waals surface area contributed by atoms with Gasteiger partial charge in [0.25, 0.3) is 5.69 Å². The number of hydrogen-bond donors (Lipinski definition) is 3. The van der Waals surface area contributed by atoms with E-state index in [-0.39, 0.29) is 28.1 Å². The highest BCUT2D eigenvalue weighted by molar-refractivity contribution is 5.97. The number of allylic oxidation sites excluding steroid dienone is 1. The molecule has 1 aromatic carbocycles. The topological polar surface area (TPSA) is 130 Å². The number of nitro groups is 1. The minimum Gasteiger partial charge on any atom is -0.478 e. The van der Waals surface area contributed by atoms with Crippen molar-refractivity contribution < 1.29 is 24.7 Å². The average molecular weight is 304 g/mol. The van der Waals surface area contributed by atoms with E-state index in [0.29, 0.717) is 0 Å². The van der Waals surface area contributed by atoms with Crippen LogP contribution < -0.4 is 5.32 Å². The van der Waals surface area contributed by atoms with Gasteiger partial charge in [-0.3, -0.25) is 10.1 Å². The third kappa shape index (κ3) is 2.66. The van der Waals surface area contributed by atoms with Gasteiger partial charge in [-0.25, -0.2) is 9.59 Å². The number of rotatable bonds is 4. The second kappa shape index (κ2) is 5.68. The van der Waals surface area contributed by atoms with Gasteiger partial charge in [0.1, 0.15) is 0 Å². The summed E-state index contributed by atoms with van der Waals surface area (Å²) < 4.78 is 0. The van der Waals surface area contributed by atoms with Crippen LogP contribution in [0.5, 0.6) is 0 Å². The number of benzene rings is 1. The monoisotopic (exact) mass is 304 g/mol. The van der Waals surface area contributed by atoms with Crippen LogP contribution in [0.3, 0.4) is 0 Å². The summed E-state index contributed by atoms with van der Waals surface area (Å²) in [7, 11) is 0. The molecule has 1 heterocycles. The first-order valence-corrected chi connectivity index (χ1v) is 6.21. The van der Waals surface area contributed by atoms with Gasteiger partial charge in [0, 0.05) is 24.0 Å². The second-order valence-electron chi connectivity index (χ2n) is 4.68. The van der Waals surface area contributed by atoms with Gasteiger partial charge in [-0.1, -0.05) is 12.1 Å². The summed E-state index contributed by atoms with van der Waals surface area (Å²) in [6.45, 7) is 1.50. The smallest absolute Gasteiger partial charge is 0.334 e. The van der Waals surface area contributed by atoms with E-state index in [1.165, 1.54) is 37.4 Å². The molecule has 22 heavy (non-hydrogen) atoms. The molecule has 0 amide bonds. The van der Waals surface area contributed by atoms with E-state index in [1.807, 2.05) is 0 Å². The van der Waals surface area contributed by atoms with Crippen molar-refractivity contribution in [1.82, 2.24) is 5.32 Å². The summed E-state index contributed by atoms with van der Waals surface area (Å²) in [5.41, 5.74) is -0.0536. The Labute approximate surface area is 124 Å². The second-order valence-corrected chi connectivity index (χ2v) is 4.68. The molecule has 1 aliphatic heterocycles. The predicted octanol–water partition coefficient (Wildman–Crippen LogP) is 1.61. The Kier molecular flexibility index (Phi) is 3.93. The predicted molar refractivity (Wildman–Crippen MR) is 75.0 cm³/mol. The summed E-state index contributed by atoms with van der Waals surface area (Å²) in [5.74, 6) is -3.67. The van der Waals surface area contributed by atoms with Crippen LogP contribution in [0.4, 0.5) is 5.69 Å². The third-order valence-electron chi connectivity index (χ3n) is 3.34. The highest BCUT2D eigenvalue weighted by atomic mass is 16.6. The average Bonchev–Trinajstić information content (AvgIpc) is 2.46. The molecule has 1 aliphatic rings. The highest BCUT2D eigenvalue weighted by Gasteiger charge is 2.34. The zero-order valence-electron chi connectivity index (χ0n) is 11.4. The first kappa shape index (κ1) is 15.2. The van der Waals surface area contributed by atoms with Crippen LogP contribution in [0.2, 0.25) is 0 Å². The molecule has 1 unspecified atom stereocenters. The number of nitrogens with one attached hydrogen (secondary N) is 1. The van der Waals surface area contributed by atoms with Crippen LogP contribution in [0, 0.1) is 10.1 Å². The van der Waals surface area contributed by atoms with Gasteiger partial charge in [-0.05, 0) is 12.5 Å². The first-order chi connectivity index (χ1) is 10.3. The minimum atomic E-state index is -1.30.